The van der Waals surface area contributed by atoms with Crippen LogP contribution in [0.15, 0.2) is 0 Å². The van der Waals surface area contributed by atoms with Gasteiger partial charge in [0, 0.05) is 16.4 Å². The van der Waals surface area contributed by atoms with E-state index in [9.17, 15) is 4.79 Å². The molecule has 0 N–H and O–H groups in total. The maximum atomic E-state index is 10.9. The molecule has 1 saturated heterocycles. The second kappa shape index (κ2) is 3.76. The van der Waals surface area contributed by atoms with Crippen LogP contribution < -0.4 is 0 Å². The highest BCUT2D eigenvalue weighted by Crippen LogP contribution is 2.47. The molecule has 1 aliphatic rings. The summed E-state index contributed by atoms with van der Waals surface area (Å²) >= 11 is 1.99. The third kappa shape index (κ3) is 3.52. The van der Waals surface area contributed by atoms with Gasteiger partial charge in [-0.05, 0) is 12.8 Å². The Balaban J connectivity index is 2.66. The van der Waals surface area contributed by atoms with Crippen LogP contribution in [0, 0.1) is 0 Å². The minimum absolute atomic E-state index is 0.0961. The Bertz CT molecular complexity index is 217. The standard InChI is InChI=1S/C11H20O2S/c1-8(12)13-9-6-10(2,3)14-11(4,5)7-9/h9H,6-7H2,1-5H3. The van der Waals surface area contributed by atoms with Crippen LogP contribution in [0.5, 0.6) is 0 Å². The van der Waals surface area contributed by atoms with E-state index in [1.807, 2.05) is 11.8 Å². The molecule has 0 amide bonds. The molecule has 1 heterocycles. The van der Waals surface area contributed by atoms with E-state index in [2.05, 4.69) is 27.7 Å². The van der Waals surface area contributed by atoms with Crippen LogP contribution in [0.4, 0.5) is 0 Å². The van der Waals surface area contributed by atoms with E-state index in [1.54, 1.807) is 0 Å². The molecule has 0 unspecified atom stereocenters. The first-order valence-corrected chi connectivity index (χ1v) is 5.89. The molecular weight excluding hydrogens is 196 g/mol. The van der Waals surface area contributed by atoms with E-state index in [1.165, 1.54) is 6.92 Å². The SMILES string of the molecule is CC(=O)OC1CC(C)(C)SC(C)(C)C1. The summed E-state index contributed by atoms with van der Waals surface area (Å²) in [4.78, 5) is 10.9. The van der Waals surface area contributed by atoms with Gasteiger partial charge in [0.15, 0.2) is 0 Å². The fourth-order valence-corrected chi connectivity index (χ4v) is 4.35. The van der Waals surface area contributed by atoms with E-state index in [0.29, 0.717) is 0 Å². The monoisotopic (exact) mass is 216 g/mol. The zero-order chi connectivity index (χ0) is 11.0. The summed E-state index contributed by atoms with van der Waals surface area (Å²) in [6.07, 6.45) is 2.01. The number of carbonyl (C=O) groups is 1. The van der Waals surface area contributed by atoms with Crippen LogP contribution >= 0.6 is 11.8 Å². The van der Waals surface area contributed by atoms with Crippen LogP contribution in [-0.4, -0.2) is 21.6 Å². The number of ether oxygens (including phenoxy) is 1. The molecule has 0 aromatic carbocycles. The van der Waals surface area contributed by atoms with Crippen molar-refractivity contribution in [2.45, 2.75) is 63.1 Å². The van der Waals surface area contributed by atoms with Gasteiger partial charge in [0.05, 0.1) is 0 Å². The highest BCUT2D eigenvalue weighted by Gasteiger charge is 2.40. The highest BCUT2D eigenvalue weighted by molar-refractivity contribution is 8.01. The Labute approximate surface area is 90.8 Å². The fraction of sp³-hybridized carbons (Fsp3) is 0.909. The van der Waals surface area contributed by atoms with Crippen LogP contribution in [-0.2, 0) is 9.53 Å². The van der Waals surface area contributed by atoms with Gasteiger partial charge in [0.25, 0.3) is 0 Å². The van der Waals surface area contributed by atoms with Gasteiger partial charge >= 0.3 is 5.97 Å². The average molecular weight is 216 g/mol. The lowest BCUT2D eigenvalue weighted by atomic mass is 9.95. The first-order valence-electron chi connectivity index (χ1n) is 5.08. The Morgan fingerprint density at radius 2 is 1.64 bits per heavy atom. The molecule has 3 heteroatoms. The first-order chi connectivity index (χ1) is 6.20. The number of esters is 1. The minimum Gasteiger partial charge on any atom is -0.462 e. The van der Waals surface area contributed by atoms with Crippen molar-refractivity contribution in [2.24, 2.45) is 0 Å². The summed E-state index contributed by atoms with van der Waals surface area (Å²) in [6, 6.07) is 0. The fourth-order valence-electron chi connectivity index (χ4n) is 2.32. The Morgan fingerprint density at radius 3 is 2.00 bits per heavy atom. The van der Waals surface area contributed by atoms with Crippen molar-refractivity contribution >= 4 is 17.7 Å². The van der Waals surface area contributed by atoms with Gasteiger partial charge in [-0.1, -0.05) is 27.7 Å². The Morgan fingerprint density at radius 1 is 1.21 bits per heavy atom. The highest BCUT2D eigenvalue weighted by atomic mass is 32.2. The lowest BCUT2D eigenvalue weighted by Gasteiger charge is -2.43. The van der Waals surface area contributed by atoms with Gasteiger partial charge in [-0.25, -0.2) is 0 Å². The van der Waals surface area contributed by atoms with Crippen molar-refractivity contribution in [3.8, 4) is 0 Å². The molecule has 82 valence electrons. The van der Waals surface area contributed by atoms with Crippen LogP contribution in [0.2, 0.25) is 0 Å². The van der Waals surface area contributed by atoms with E-state index in [4.69, 9.17) is 4.74 Å². The van der Waals surface area contributed by atoms with Crippen molar-refractivity contribution in [2.75, 3.05) is 0 Å². The third-order valence-corrected chi connectivity index (χ3v) is 3.76. The van der Waals surface area contributed by atoms with Crippen LogP contribution in [0.25, 0.3) is 0 Å². The number of thioether (sulfide) groups is 1. The second-order valence-electron chi connectivity index (χ2n) is 5.26. The number of rotatable bonds is 1. The van der Waals surface area contributed by atoms with Gasteiger partial charge in [-0.3, -0.25) is 4.79 Å². The molecule has 0 atom stereocenters. The van der Waals surface area contributed by atoms with Crippen LogP contribution in [0.3, 0.4) is 0 Å². The number of carbonyl (C=O) groups excluding carboxylic acids is 1. The van der Waals surface area contributed by atoms with Crippen molar-refractivity contribution in [3.63, 3.8) is 0 Å². The smallest absolute Gasteiger partial charge is 0.302 e. The topological polar surface area (TPSA) is 26.3 Å². The van der Waals surface area contributed by atoms with Crippen LogP contribution in [0.1, 0.15) is 47.5 Å². The molecule has 2 nitrogen and oxygen atoms in total. The van der Waals surface area contributed by atoms with Crippen molar-refractivity contribution in [1.29, 1.82) is 0 Å². The Kier molecular flexibility index (Phi) is 3.20. The Hall–Kier alpha value is -0.180. The second-order valence-corrected chi connectivity index (χ2v) is 7.68. The molecule has 0 radical (unpaired) electrons. The minimum atomic E-state index is -0.159. The van der Waals surface area contributed by atoms with Gasteiger partial charge in [0.1, 0.15) is 6.10 Å². The summed E-state index contributed by atoms with van der Waals surface area (Å²) in [6.45, 7) is 10.4. The van der Waals surface area contributed by atoms with E-state index < -0.39 is 0 Å². The van der Waals surface area contributed by atoms with E-state index >= 15 is 0 Å². The summed E-state index contributed by atoms with van der Waals surface area (Å²) in [5.41, 5.74) is 0. The molecule has 0 saturated carbocycles. The molecule has 1 aliphatic heterocycles. The van der Waals surface area contributed by atoms with E-state index in [-0.39, 0.29) is 21.6 Å². The molecule has 0 aliphatic carbocycles. The molecule has 1 rings (SSSR count). The predicted octanol–water partition coefficient (Wildman–Crippen LogP) is 3.00. The first kappa shape index (κ1) is 11.9. The number of hydrogen-bond donors (Lipinski definition) is 0. The van der Waals surface area contributed by atoms with Gasteiger partial charge in [0.2, 0.25) is 0 Å². The van der Waals surface area contributed by atoms with E-state index in [0.717, 1.165) is 12.8 Å². The summed E-state index contributed by atoms with van der Waals surface area (Å²) in [7, 11) is 0. The molecule has 0 bridgehead atoms. The normalized spacial score (nSPS) is 25.8. The summed E-state index contributed by atoms with van der Waals surface area (Å²) in [5.74, 6) is -0.159. The maximum absolute atomic E-state index is 10.9. The van der Waals surface area contributed by atoms with Gasteiger partial charge in [-0.2, -0.15) is 0 Å². The van der Waals surface area contributed by atoms with Gasteiger partial charge < -0.3 is 4.74 Å². The predicted molar refractivity (Wildman–Crippen MR) is 60.5 cm³/mol. The maximum Gasteiger partial charge on any atom is 0.302 e. The molecule has 0 aromatic heterocycles. The van der Waals surface area contributed by atoms with Gasteiger partial charge in [-0.15, -0.1) is 11.8 Å². The molecule has 1 fully saturated rings. The van der Waals surface area contributed by atoms with Crippen molar-refractivity contribution in [3.05, 3.63) is 0 Å². The average Bonchev–Trinajstić information content (AvgIpc) is 1.74. The molecule has 0 aromatic rings. The quantitative estimate of drug-likeness (QED) is 0.630. The van der Waals surface area contributed by atoms with Crippen molar-refractivity contribution < 1.29 is 9.53 Å². The molecule has 0 spiro atoms. The number of hydrogen-bond acceptors (Lipinski definition) is 3. The zero-order valence-electron chi connectivity index (χ0n) is 9.72. The van der Waals surface area contributed by atoms with Crippen molar-refractivity contribution in [1.82, 2.24) is 0 Å². The molecule has 14 heavy (non-hydrogen) atoms. The summed E-state index contributed by atoms with van der Waals surface area (Å²) in [5, 5.41) is 0. The lowest BCUT2D eigenvalue weighted by molar-refractivity contribution is -0.147. The zero-order valence-corrected chi connectivity index (χ0v) is 10.5. The lowest BCUT2D eigenvalue weighted by Crippen LogP contribution is -2.41. The third-order valence-electron chi connectivity index (χ3n) is 2.32. The molecular formula is C11H20O2S. The summed E-state index contributed by atoms with van der Waals surface area (Å²) < 4.78 is 5.73. The largest absolute Gasteiger partial charge is 0.462 e.